The summed E-state index contributed by atoms with van der Waals surface area (Å²) in [6.45, 7) is 4.59. The topological polar surface area (TPSA) is 107 Å². The summed E-state index contributed by atoms with van der Waals surface area (Å²) in [6, 6.07) is 2.35. The number of carbonyl (C=O) groups is 2. The van der Waals surface area contributed by atoms with Crippen LogP contribution in [0.3, 0.4) is 0 Å². The van der Waals surface area contributed by atoms with Crippen molar-refractivity contribution >= 4 is 29.3 Å². The zero-order valence-corrected chi connectivity index (χ0v) is 23.1. The number of carbonyl (C=O) groups excluding carboxylic acids is 2. The number of hydrogen-bond acceptors (Lipinski definition) is 8. The summed E-state index contributed by atoms with van der Waals surface area (Å²) in [6.07, 6.45) is 9.73. The standard InChI is InChI=1S/C28H37FN8O2/c1-21(36(4)25(38)12-10-16-35(2)3)27(39)31-14-7-5-6-11-22-20-32-28(33-23-13-15-30-24(29)19-23)34-26(22)37-17-8-9-18-37/h10,12-13,15,19-21H,5,7-9,14,16-18H2,1-4H3,(H,31,39)(H,30,32,33,34). The van der Waals surface area contributed by atoms with E-state index in [0.717, 1.165) is 37.3 Å². The molecule has 1 atom stereocenters. The second-order valence-electron chi connectivity index (χ2n) is 9.60. The van der Waals surface area contributed by atoms with Gasteiger partial charge in [0.25, 0.3) is 0 Å². The molecule has 39 heavy (non-hydrogen) atoms. The van der Waals surface area contributed by atoms with Crippen LogP contribution < -0.4 is 15.5 Å². The monoisotopic (exact) mass is 536 g/mol. The molecule has 0 radical (unpaired) electrons. The maximum atomic E-state index is 13.4. The highest BCUT2D eigenvalue weighted by Crippen LogP contribution is 2.24. The van der Waals surface area contributed by atoms with Gasteiger partial charge in [-0.2, -0.15) is 9.37 Å². The number of halogens is 1. The molecule has 3 rings (SSSR count). The molecule has 2 aromatic rings. The van der Waals surface area contributed by atoms with Gasteiger partial charge in [-0.1, -0.05) is 17.9 Å². The predicted octanol–water partition coefficient (Wildman–Crippen LogP) is 2.57. The van der Waals surface area contributed by atoms with Crippen LogP contribution in [0, 0.1) is 17.8 Å². The molecule has 1 fully saturated rings. The smallest absolute Gasteiger partial charge is 0.246 e. The predicted molar refractivity (Wildman–Crippen MR) is 150 cm³/mol. The van der Waals surface area contributed by atoms with Crippen LogP contribution in [-0.2, 0) is 9.59 Å². The molecule has 2 N–H and O–H groups in total. The second kappa shape index (κ2) is 14.8. The van der Waals surface area contributed by atoms with Gasteiger partial charge >= 0.3 is 0 Å². The third kappa shape index (κ3) is 9.33. The van der Waals surface area contributed by atoms with Crippen molar-refractivity contribution in [3.8, 4) is 11.8 Å². The fourth-order valence-corrected chi connectivity index (χ4v) is 3.84. The number of pyridine rings is 1. The van der Waals surface area contributed by atoms with Crippen molar-refractivity contribution in [1.82, 2.24) is 30.1 Å². The van der Waals surface area contributed by atoms with E-state index < -0.39 is 12.0 Å². The van der Waals surface area contributed by atoms with Crippen molar-refractivity contribution in [2.75, 3.05) is 57.5 Å². The highest BCUT2D eigenvalue weighted by Gasteiger charge is 2.20. The summed E-state index contributed by atoms with van der Waals surface area (Å²) in [5, 5.41) is 5.90. The van der Waals surface area contributed by atoms with Gasteiger partial charge < -0.3 is 25.3 Å². The lowest BCUT2D eigenvalue weighted by Gasteiger charge is -2.23. The number of anilines is 3. The van der Waals surface area contributed by atoms with Gasteiger partial charge in [-0.3, -0.25) is 9.59 Å². The Bertz CT molecular complexity index is 1220. The molecule has 1 saturated heterocycles. The molecule has 2 aromatic heterocycles. The lowest BCUT2D eigenvalue weighted by Crippen LogP contribution is -2.45. The normalized spacial score (nSPS) is 13.7. The molecule has 1 unspecified atom stereocenters. The maximum absolute atomic E-state index is 13.4. The van der Waals surface area contributed by atoms with Crippen LogP contribution in [0.2, 0.25) is 0 Å². The number of likely N-dealkylation sites (N-methyl/N-ethyl adjacent to an activating group) is 2. The summed E-state index contributed by atoms with van der Waals surface area (Å²) in [4.78, 5) is 42.9. The first-order chi connectivity index (χ1) is 18.7. The number of nitrogens with zero attached hydrogens (tertiary/aromatic N) is 6. The Kier molecular flexibility index (Phi) is 11.2. The van der Waals surface area contributed by atoms with Crippen molar-refractivity contribution in [3.63, 3.8) is 0 Å². The van der Waals surface area contributed by atoms with E-state index in [1.807, 2.05) is 19.0 Å². The number of hydrogen-bond donors (Lipinski definition) is 2. The van der Waals surface area contributed by atoms with Crippen molar-refractivity contribution in [2.45, 2.75) is 38.6 Å². The van der Waals surface area contributed by atoms with E-state index in [2.05, 4.69) is 42.3 Å². The molecule has 0 saturated carbocycles. The Labute approximate surface area is 229 Å². The minimum atomic E-state index is -0.582. The summed E-state index contributed by atoms with van der Waals surface area (Å²) in [5.74, 6) is 6.44. The van der Waals surface area contributed by atoms with Gasteiger partial charge in [-0.25, -0.2) is 9.97 Å². The summed E-state index contributed by atoms with van der Waals surface area (Å²) in [5.41, 5.74) is 1.24. The van der Waals surface area contributed by atoms with Gasteiger partial charge in [0, 0.05) is 63.7 Å². The molecule has 208 valence electrons. The van der Waals surface area contributed by atoms with Crippen LogP contribution >= 0.6 is 0 Å². The summed E-state index contributed by atoms with van der Waals surface area (Å²) >= 11 is 0. The quantitative estimate of drug-likeness (QED) is 0.195. The average Bonchev–Trinajstić information content (AvgIpc) is 3.45. The fourth-order valence-electron chi connectivity index (χ4n) is 3.84. The SMILES string of the molecule is CC(C(=O)NCCCC#Cc1cnc(Nc2ccnc(F)c2)nc1N1CCCC1)N(C)C(=O)C=CCN(C)C. The van der Waals surface area contributed by atoms with Crippen LogP contribution in [-0.4, -0.2) is 89.9 Å². The van der Waals surface area contributed by atoms with E-state index in [1.165, 1.54) is 23.2 Å². The van der Waals surface area contributed by atoms with Crippen LogP contribution in [0.25, 0.3) is 0 Å². The number of aromatic nitrogens is 3. The molecule has 11 heteroatoms. The van der Waals surface area contributed by atoms with Crippen LogP contribution in [0.4, 0.5) is 21.8 Å². The molecule has 0 bridgehead atoms. The maximum Gasteiger partial charge on any atom is 0.246 e. The molecule has 1 aliphatic heterocycles. The van der Waals surface area contributed by atoms with E-state index >= 15 is 0 Å². The van der Waals surface area contributed by atoms with Crippen molar-refractivity contribution in [1.29, 1.82) is 0 Å². The van der Waals surface area contributed by atoms with Gasteiger partial charge in [-0.15, -0.1) is 0 Å². The van der Waals surface area contributed by atoms with E-state index in [4.69, 9.17) is 0 Å². The van der Waals surface area contributed by atoms with Crippen molar-refractivity contribution in [2.24, 2.45) is 0 Å². The molecule has 0 aliphatic carbocycles. The summed E-state index contributed by atoms with van der Waals surface area (Å²) < 4.78 is 13.4. The van der Waals surface area contributed by atoms with E-state index in [9.17, 15) is 14.0 Å². The van der Waals surface area contributed by atoms with Crippen molar-refractivity contribution < 1.29 is 14.0 Å². The van der Waals surface area contributed by atoms with Gasteiger partial charge in [0.15, 0.2) is 0 Å². The van der Waals surface area contributed by atoms with Gasteiger partial charge in [0.1, 0.15) is 11.9 Å². The molecule has 0 spiro atoms. The number of amides is 2. The third-order valence-corrected chi connectivity index (χ3v) is 6.20. The number of rotatable bonds is 11. The minimum Gasteiger partial charge on any atom is -0.355 e. The van der Waals surface area contributed by atoms with Gasteiger partial charge in [-0.05, 0) is 46.3 Å². The van der Waals surface area contributed by atoms with Gasteiger partial charge in [0.2, 0.25) is 23.7 Å². The van der Waals surface area contributed by atoms with E-state index in [0.29, 0.717) is 37.6 Å². The Balaban J connectivity index is 1.52. The average molecular weight is 537 g/mol. The first kappa shape index (κ1) is 29.5. The van der Waals surface area contributed by atoms with E-state index in [-0.39, 0.29) is 11.8 Å². The molecular formula is C28H37FN8O2. The van der Waals surface area contributed by atoms with Gasteiger partial charge in [0.05, 0.1) is 11.8 Å². The number of nitrogens with one attached hydrogen (secondary N) is 2. The largest absolute Gasteiger partial charge is 0.355 e. The zero-order valence-electron chi connectivity index (χ0n) is 23.1. The molecule has 2 amide bonds. The first-order valence-electron chi connectivity index (χ1n) is 13.1. The van der Waals surface area contributed by atoms with Crippen molar-refractivity contribution in [3.05, 3.63) is 48.2 Å². The molecule has 0 aromatic carbocycles. The van der Waals surface area contributed by atoms with Crippen LogP contribution in [0.5, 0.6) is 0 Å². The fraction of sp³-hybridized carbons (Fsp3) is 0.464. The van der Waals surface area contributed by atoms with Crippen LogP contribution in [0.1, 0.15) is 38.2 Å². The second-order valence-corrected chi connectivity index (χ2v) is 9.60. The van der Waals surface area contributed by atoms with Crippen LogP contribution in [0.15, 0.2) is 36.7 Å². The Hall–Kier alpha value is -4.04. The Morgan fingerprint density at radius 2 is 2.00 bits per heavy atom. The summed E-state index contributed by atoms with van der Waals surface area (Å²) in [7, 11) is 5.46. The molecule has 1 aliphatic rings. The molecular weight excluding hydrogens is 499 g/mol. The lowest BCUT2D eigenvalue weighted by molar-refractivity contribution is -0.135. The minimum absolute atomic E-state index is 0.207. The first-order valence-corrected chi connectivity index (χ1v) is 13.1. The Morgan fingerprint density at radius 1 is 1.23 bits per heavy atom. The Morgan fingerprint density at radius 3 is 2.72 bits per heavy atom. The molecule has 3 heterocycles. The highest BCUT2D eigenvalue weighted by molar-refractivity contribution is 5.92. The number of unbranched alkanes of at least 4 members (excludes halogenated alkanes) is 1. The van der Waals surface area contributed by atoms with E-state index in [1.54, 1.807) is 32.3 Å². The lowest BCUT2D eigenvalue weighted by atomic mass is 10.2. The molecule has 10 nitrogen and oxygen atoms in total. The highest BCUT2D eigenvalue weighted by atomic mass is 19.1. The third-order valence-electron chi connectivity index (χ3n) is 6.20. The zero-order chi connectivity index (χ0) is 28.2.